The van der Waals surface area contributed by atoms with Gasteiger partial charge in [-0.05, 0) is 42.5 Å². The van der Waals surface area contributed by atoms with Gasteiger partial charge in [0.05, 0.1) is 18.7 Å². The first-order chi connectivity index (χ1) is 16.1. The van der Waals surface area contributed by atoms with E-state index in [-0.39, 0.29) is 18.6 Å². The van der Waals surface area contributed by atoms with E-state index >= 15 is 0 Å². The molecule has 1 saturated heterocycles. The SMILES string of the molecule is N#CC1(NC(=O)COCCN2CCN(C(c3ccccc3)c3ccc(Cl)cc3)CC2)CCC1. The number of benzene rings is 2. The molecule has 33 heavy (non-hydrogen) atoms. The first kappa shape index (κ1) is 23.7. The van der Waals surface area contributed by atoms with Gasteiger partial charge in [-0.25, -0.2) is 0 Å². The molecule has 1 heterocycles. The number of hydrogen-bond acceptors (Lipinski definition) is 5. The number of amides is 1. The standard InChI is InChI=1S/C26H31ClN4O2/c27-23-9-7-22(8-10-23)25(21-5-2-1-3-6-21)31-15-13-30(14-16-31)17-18-33-19-24(32)29-26(20-28)11-4-12-26/h1-3,5-10,25H,4,11-19H2,(H,29,32). The van der Waals surface area contributed by atoms with E-state index in [4.69, 9.17) is 16.3 Å². The number of nitrogens with zero attached hydrogens (tertiary/aromatic N) is 3. The summed E-state index contributed by atoms with van der Waals surface area (Å²) in [5, 5.41) is 12.8. The van der Waals surface area contributed by atoms with Gasteiger partial charge in [0.1, 0.15) is 12.1 Å². The van der Waals surface area contributed by atoms with Gasteiger partial charge in [0.25, 0.3) is 0 Å². The Labute approximate surface area is 201 Å². The van der Waals surface area contributed by atoms with E-state index in [0.29, 0.717) is 6.61 Å². The van der Waals surface area contributed by atoms with Crippen LogP contribution in [0, 0.1) is 11.3 Å². The van der Waals surface area contributed by atoms with Crippen LogP contribution in [0.2, 0.25) is 5.02 Å². The Morgan fingerprint density at radius 3 is 2.33 bits per heavy atom. The minimum absolute atomic E-state index is 0.00996. The molecule has 1 aliphatic carbocycles. The lowest BCUT2D eigenvalue weighted by atomic mass is 9.78. The van der Waals surface area contributed by atoms with E-state index in [9.17, 15) is 10.1 Å². The van der Waals surface area contributed by atoms with Gasteiger partial charge in [0.2, 0.25) is 5.91 Å². The molecule has 0 spiro atoms. The summed E-state index contributed by atoms with van der Waals surface area (Å²) in [7, 11) is 0. The molecule has 6 nitrogen and oxygen atoms in total. The van der Waals surface area contributed by atoms with Crippen LogP contribution in [0.1, 0.15) is 36.4 Å². The van der Waals surface area contributed by atoms with Crippen molar-refractivity contribution < 1.29 is 9.53 Å². The number of nitriles is 1. The van der Waals surface area contributed by atoms with Crippen molar-refractivity contribution in [3.8, 4) is 6.07 Å². The summed E-state index contributed by atoms with van der Waals surface area (Å²) in [4.78, 5) is 16.9. The molecular formula is C26H31ClN4O2. The van der Waals surface area contributed by atoms with Crippen LogP contribution < -0.4 is 5.32 Å². The van der Waals surface area contributed by atoms with Crippen LogP contribution in [0.3, 0.4) is 0 Å². The summed E-state index contributed by atoms with van der Waals surface area (Å²) < 4.78 is 5.59. The third-order valence-electron chi connectivity index (χ3n) is 6.66. The molecule has 0 aromatic heterocycles. The largest absolute Gasteiger partial charge is 0.370 e. The zero-order valence-corrected chi connectivity index (χ0v) is 19.6. The second kappa shape index (κ2) is 11.1. The van der Waals surface area contributed by atoms with Crippen molar-refractivity contribution in [2.75, 3.05) is 45.9 Å². The number of halogens is 1. The molecule has 2 aromatic carbocycles. The van der Waals surface area contributed by atoms with Gasteiger partial charge in [0.15, 0.2) is 0 Å². The molecule has 0 bridgehead atoms. The van der Waals surface area contributed by atoms with Crippen LogP contribution in [0.4, 0.5) is 0 Å². The first-order valence-electron chi connectivity index (χ1n) is 11.7. The summed E-state index contributed by atoms with van der Waals surface area (Å²) in [6, 6.07) is 21.2. The van der Waals surface area contributed by atoms with Crippen LogP contribution in [0.5, 0.6) is 0 Å². The van der Waals surface area contributed by atoms with Gasteiger partial charge in [-0.2, -0.15) is 5.26 Å². The highest BCUT2D eigenvalue weighted by molar-refractivity contribution is 6.30. The van der Waals surface area contributed by atoms with E-state index in [2.05, 4.69) is 57.6 Å². The maximum atomic E-state index is 12.1. The second-order valence-electron chi connectivity index (χ2n) is 8.89. The molecule has 2 aromatic rings. The molecule has 2 fully saturated rings. The fraction of sp³-hybridized carbons (Fsp3) is 0.462. The van der Waals surface area contributed by atoms with Crippen molar-refractivity contribution in [2.45, 2.75) is 30.8 Å². The Kier molecular flexibility index (Phi) is 8.00. The van der Waals surface area contributed by atoms with Crippen molar-refractivity contribution in [1.29, 1.82) is 5.26 Å². The predicted octanol–water partition coefficient (Wildman–Crippen LogP) is 3.63. The molecule has 1 amide bonds. The van der Waals surface area contributed by atoms with E-state index < -0.39 is 5.54 Å². The molecule has 4 rings (SSSR count). The van der Waals surface area contributed by atoms with E-state index in [1.54, 1.807) is 0 Å². The third kappa shape index (κ3) is 6.13. The minimum atomic E-state index is -0.657. The zero-order chi connectivity index (χ0) is 23.1. The van der Waals surface area contributed by atoms with Crippen molar-refractivity contribution in [1.82, 2.24) is 15.1 Å². The Morgan fingerprint density at radius 1 is 1.06 bits per heavy atom. The maximum absolute atomic E-state index is 12.1. The van der Waals surface area contributed by atoms with Gasteiger partial charge in [0, 0.05) is 37.7 Å². The van der Waals surface area contributed by atoms with Gasteiger partial charge < -0.3 is 10.1 Å². The number of piperazine rings is 1. The molecule has 1 aliphatic heterocycles. The number of carbonyl (C=O) groups is 1. The average molecular weight is 467 g/mol. The van der Waals surface area contributed by atoms with E-state index in [1.807, 2.05) is 18.2 Å². The summed E-state index contributed by atoms with van der Waals surface area (Å²) in [5.74, 6) is -0.199. The van der Waals surface area contributed by atoms with E-state index in [1.165, 1.54) is 11.1 Å². The smallest absolute Gasteiger partial charge is 0.247 e. The van der Waals surface area contributed by atoms with Gasteiger partial charge in [-0.15, -0.1) is 0 Å². The lowest BCUT2D eigenvalue weighted by molar-refractivity contribution is -0.128. The molecule has 174 valence electrons. The fourth-order valence-corrected chi connectivity index (χ4v) is 4.72. The molecule has 0 radical (unpaired) electrons. The van der Waals surface area contributed by atoms with Crippen LogP contribution in [0.15, 0.2) is 54.6 Å². The van der Waals surface area contributed by atoms with Gasteiger partial charge in [-0.3, -0.25) is 14.6 Å². The average Bonchev–Trinajstić information content (AvgIpc) is 2.82. The third-order valence-corrected chi connectivity index (χ3v) is 6.91. The molecule has 1 N–H and O–H groups in total. The van der Waals surface area contributed by atoms with Gasteiger partial charge in [-0.1, -0.05) is 54.1 Å². The Bertz CT molecular complexity index is 949. The Hall–Kier alpha value is -2.43. The monoisotopic (exact) mass is 466 g/mol. The Morgan fingerprint density at radius 2 is 1.73 bits per heavy atom. The maximum Gasteiger partial charge on any atom is 0.247 e. The predicted molar refractivity (Wildman–Crippen MR) is 129 cm³/mol. The molecule has 1 unspecified atom stereocenters. The van der Waals surface area contributed by atoms with Crippen LogP contribution in [-0.2, 0) is 9.53 Å². The van der Waals surface area contributed by atoms with Crippen LogP contribution in [0.25, 0.3) is 0 Å². The summed E-state index contributed by atoms with van der Waals surface area (Å²) in [5.41, 5.74) is 1.87. The van der Waals surface area contributed by atoms with Crippen molar-refractivity contribution in [2.24, 2.45) is 0 Å². The fourth-order valence-electron chi connectivity index (χ4n) is 4.60. The molecule has 7 heteroatoms. The van der Waals surface area contributed by atoms with Crippen molar-refractivity contribution in [3.05, 3.63) is 70.7 Å². The summed E-state index contributed by atoms with van der Waals surface area (Å²) >= 11 is 6.13. The van der Waals surface area contributed by atoms with Crippen molar-refractivity contribution >= 4 is 17.5 Å². The quantitative estimate of drug-likeness (QED) is 0.571. The number of hydrogen-bond donors (Lipinski definition) is 1. The Balaban J connectivity index is 1.24. The lowest BCUT2D eigenvalue weighted by Crippen LogP contribution is -2.53. The normalized spacial score (nSPS) is 19.3. The van der Waals surface area contributed by atoms with E-state index in [0.717, 1.165) is 57.0 Å². The number of carbonyl (C=O) groups excluding carboxylic acids is 1. The lowest BCUT2D eigenvalue weighted by Gasteiger charge is -2.39. The van der Waals surface area contributed by atoms with Crippen LogP contribution >= 0.6 is 11.6 Å². The number of ether oxygens (including phenoxy) is 1. The first-order valence-corrected chi connectivity index (χ1v) is 12.0. The highest BCUT2D eigenvalue weighted by Crippen LogP contribution is 2.31. The molecular weight excluding hydrogens is 436 g/mol. The summed E-state index contributed by atoms with van der Waals surface area (Å²) in [6.45, 7) is 5.11. The zero-order valence-electron chi connectivity index (χ0n) is 18.9. The topological polar surface area (TPSA) is 68.6 Å². The molecule has 2 aliphatic rings. The highest BCUT2D eigenvalue weighted by atomic mass is 35.5. The van der Waals surface area contributed by atoms with Gasteiger partial charge >= 0.3 is 0 Å². The molecule has 1 saturated carbocycles. The van der Waals surface area contributed by atoms with Crippen molar-refractivity contribution in [3.63, 3.8) is 0 Å². The molecule has 1 atom stereocenters. The number of rotatable bonds is 9. The second-order valence-corrected chi connectivity index (χ2v) is 9.33. The minimum Gasteiger partial charge on any atom is -0.370 e. The summed E-state index contributed by atoms with van der Waals surface area (Å²) in [6.07, 6.45) is 2.46. The number of nitrogens with one attached hydrogen (secondary N) is 1. The van der Waals surface area contributed by atoms with Crippen LogP contribution in [-0.4, -0.2) is 67.2 Å². The highest BCUT2D eigenvalue weighted by Gasteiger charge is 2.38.